The van der Waals surface area contributed by atoms with E-state index in [1.165, 1.54) is 24.3 Å². The monoisotopic (exact) mass is 452 g/mol. The predicted molar refractivity (Wildman–Crippen MR) is 114 cm³/mol. The van der Waals surface area contributed by atoms with Gasteiger partial charge in [0, 0.05) is 17.7 Å². The van der Waals surface area contributed by atoms with Gasteiger partial charge in [-0.25, -0.2) is 5.48 Å². The fraction of sp³-hybridized carbons (Fsp3) is 0.500. The predicted octanol–water partition coefficient (Wildman–Crippen LogP) is 0.515. The zero-order valence-electron chi connectivity index (χ0n) is 17.6. The van der Waals surface area contributed by atoms with Gasteiger partial charge in [-0.1, -0.05) is 26.0 Å². The molecule has 10 nitrogen and oxygen atoms in total. The first kappa shape index (κ1) is 24.6. The molecule has 1 aromatic carbocycles. The van der Waals surface area contributed by atoms with Gasteiger partial charge in [0.2, 0.25) is 17.7 Å². The number of carbonyl (C=O) groups excluding carboxylic acids is 4. The van der Waals surface area contributed by atoms with E-state index in [-0.39, 0.29) is 18.1 Å². The molecule has 4 amide bonds. The molecule has 3 atom stereocenters. The number of anilines is 1. The quantitative estimate of drug-likeness (QED) is 0.331. The molecule has 2 rings (SSSR count). The van der Waals surface area contributed by atoms with Gasteiger partial charge < -0.3 is 20.7 Å². The number of amides is 4. The molecule has 0 aliphatic carbocycles. The van der Waals surface area contributed by atoms with Gasteiger partial charge in [0.25, 0.3) is 5.91 Å². The van der Waals surface area contributed by atoms with E-state index in [1.807, 2.05) is 13.8 Å². The van der Waals surface area contributed by atoms with Crippen LogP contribution in [0.25, 0.3) is 0 Å². The molecule has 31 heavy (non-hydrogen) atoms. The summed E-state index contributed by atoms with van der Waals surface area (Å²) in [4.78, 5) is 50.9. The van der Waals surface area contributed by atoms with E-state index in [0.29, 0.717) is 10.6 Å². The average Bonchev–Trinajstić information content (AvgIpc) is 2.75. The molecule has 1 aromatic rings. The maximum Gasteiger partial charge on any atom is 0.273 e. The molecule has 0 bridgehead atoms. The number of hydrogen-bond donors (Lipinski definition) is 5. The second kappa shape index (κ2) is 11.7. The number of ether oxygens (including phenoxy) is 1. The fourth-order valence-electron chi connectivity index (χ4n) is 3.17. The molecule has 0 spiro atoms. The molecule has 0 radical (unpaired) electrons. The van der Waals surface area contributed by atoms with Crippen molar-refractivity contribution in [1.82, 2.24) is 16.1 Å². The second-order valence-corrected chi connectivity index (χ2v) is 8.54. The molecule has 1 aliphatic rings. The smallest absolute Gasteiger partial charge is 0.273 e. The van der Waals surface area contributed by atoms with Crippen molar-refractivity contribution in [2.24, 2.45) is 11.8 Å². The highest BCUT2D eigenvalue weighted by molar-refractivity contribution is 7.99. The van der Waals surface area contributed by atoms with Crippen LogP contribution >= 0.6 is 11.8 Å². The number of carbonyl (C=O) groups is 4. The number of fused-ring (bicyclic) bond motifs is 1. The van der Waals surface area contributed by atoms with Crippen molar-refractivity contribution in [2.75, 3.05) is 24.7 Å². The number of rotatable bonds is 4. The highest BCUT2D eigenvalue weighted by Crippen LogP contribution is 2.28. The van der Waals surface area contributed by atoms with Crippen molar-refractivity contribution in [2.45, 2.75) is 37.3 Å². The lowest BCUT2D eigenvalue weighted by molar-refractivity contribution is -0.153. The molecule has 11 heteroatoms. The van der Waals surface area contributed by atoms with Crippen molar-refractivity contribution in [3.63, 3.8) is 0 Å². The summed E-state index contributed by atoms with van der Waals surface area (Å²) in [5, 5.41) is 17.1. The van der Waals surface area contributed by atoms with Crippen molar-refractivity contribution in [3.05, 3.63) is 24.3 Å². The van der Waals surface area contributed by atoms with Gasteiger partial charge in [-0.05, 0) is 24.5 Å². The summed E-state index contributed by atoms with van der Waals surface area (Å²) in [6.07, 6.45) is -1.19. The van der Waals surface area contributed by atoms with Crippen molar-refractivity contribution in [1.29, 1.82) is 0 Å². The highest BCUT2D eigenvalue weighted by atomic mass is 32.2. The third kappa shape index (κ3) is 6.94. The maximum atomic E-state index is 13.1. The molecule has 170 valence electrons. The summed E-state index contributed by atoms with van der Waals surface area (Å²) in [7, 11) is 1.46. The number of hydrogen-bond acceptors (Lipinski definition) is 7. The number of benzene rings is 1. The Morgan fingerprint density at radius 3 is 2.61 bits per heavy atom. The van der Waals surface area contributed by atoms with Crippen LogP contribution in [0.2, 0.25) is 0 Å². The molecule has 0 saturated heterocycles. The van der Waals surface area contributed by atoms with Gasteiger partial charge in [-0.2, -0.15) is 0 Å². The van der Waals surface area contributed by atoms with E-state index in [0.717, 1.165) is 0 Å². The Bertz CT molecular complexity index is 819. The van der Waals surface area contributed by atoms with Crippen LogP contribution in [0.15, 0.2) is 29.2 Å². The summed E-state index contributed by atoms with van der Waals surface area (Å²) >= 11 is 1.30. The minimum Gasteiger partial charge on any atom is -0.358 e. The Kier molecular flexibility index (Phi) is 9.28. The van der Waals surface area contributed by atoms with Gasteiger partial charge >= 0.3 is 0 Å². The first-order valence-electron chi connectivity index (χ1n) is 9.86. The minimum atomic E-state index is -1.42. The largest absolute Gasteiger partial charge is 0.358 e. The third-order valence-electron chi connectivity index (χ3n) is 4.64. The molecule has 0 saturated carbocycles. The van der Waals surface area contributed by atoms with Crippen molar-refractivity contribution >= 4 is 41.1 Å². The van der Waals surface area contributed by atoms with Gasteiger partial charge in [0.05, 0.1) is 11.6 Å². The molecular formula is C20H28N4O6S. The first-order valence-corrected chi connectivity index (χ1v) is 10.8. The van der Waals surface area contributed by atoms with Gasteiger partial charge in [-0.3, -0.25) is 24.4 Å². The van der Waals surface area contributed by atoms with Gasteiger partial charge in [-0.15, -0.1) is 11.8 Å². The van der Waals surface area contributed by atoms with E-state index in [9.17, 15) is 19.2 Å². The number of likely N-dealkylation sites (N-methyl/N-ethyl adjacent to an activating group) is 1. The van der Waals surface area contributed by atoms with Crippen LogP contribution in [-0.4, -0.2) is 60.4 Å². The number of thioether (sulfide) groups is 1. The van der Waals surface area contributed by atoms with Crippen molar-refractivity contribution < 1.29 is 29.1 Å². The summed E-state index contributed by atoms with van der Waals surface area (Å²) < 4.78 is 5.49. The Balaban J connectivity index is 2.44. The Hall–Kier alpha value is -2.63. The van der Waals surface area contributed by atoms with Crippen LogP contribution in [-0.2, 0) is 23.9 Å². The Morgan fingerprint density at radius 2 is 1.97 bits per heavy atom. The van der Waals surface area contributed by atoms with Crippen LogP contribution in [0.4, 0.5) is 5.69 Å². The lowest BCUT2D eigenvalue weighted by atomic mass is 9.90. The first-order chi connectivity index (χ1) is 14.8. The summed E-state index contributed by atoms with van der Waals surface area (Å²) in [6, 6.07) is 6.14. The average molecular weight is 453 g/mol. The van der Waals surface area contributed by atoms with E-state index in [2.05, 4.69) is 16.0 Å². The lowest BCUT2D eigenvalue weighted by Crippen LogP contribution is -2.53. The summed E-state index contributed by atoms with van der Waals surface area (Å²) in [6.45, 7) is 3.22. The molecule has 0 aromatic heterocycles. The van der Waals surface area contributed by atoms with E-state index >= 15 is 0 Å². The number of nitrogens with one attached hydrogen (secondary N) is 4. The molecule has 1 heterocycles. The third-order valence-corrected chi connectivity index (χ3v) is 5.80. The molecule has 0 unspecified atom stereocenters. The van der Waals surface area contributed by atoms with Crippen LogP contribution in [0, 0.1) is 11.8 Å². The molecule has 0 fully saturated rings. The van der Waals surface area contributed by atoms with Crippen LogP contribution in [0.1, 0.15) is 20.3 Å². The standard InChI is InChI=1S/C20H28N4O6S/c1-11(2)8-12-17(20(28)24-29)30-9-16(25)22-13-6-4-5-7-15(13)31-10-14(19(27)21-3)23-18(12)26/h4-7,11-12,14,17,29H,8-10H2,1-3H3,(H,21,27)(H,22,25)(H,23,26)(H,24,28)/t12-,14+,17+/m1/s1. The van der Waals surface area contributed by atoms with Crippen LogP contribution < -0.4 is 21.4 Å². The molecular weight excluding hydrogens is 424 g/mol. The maximum absolute atomic E-state index is 13.1. The van der Waals surface area contributed by atoms with Crippen LogP contribution in [0.3, 0.4) is 0 Å². The van der Waals surface area contributed by atoms with Gasteiger partial charge in [0.15, 0.2) is 6.10 Å². The number of para-hydroxylation sites is 1. The zero-order valence-corrected chi connectivity index (χ0v) is 18.5. The summed E-state index contributed by atoms with van der Waals surface area (Å²) in [5.41, 5.74) is 2.02. The van der Waals surface area contributed by atoms with Crippen LogP contribution in [0.5, 0.6) is 0 Å². The van der Waals surface area contributed by atoms with Crippen molar-refractivity contribution in [3.8, 4) is 0 Å². The Morgan fingerprint density at radius 1 is 1.26 bits per heavy atom. The fourth-order valence-corrected chi connectivity index (χ4v) is 4.20. The highest BCUT2D eigenvalue weighted by Gasteiger charge is 2.37. The Labute approximate surface area is 184 Å². The minimum absolute atomic E-state index is 0.00469. The second-order valence-electron chi connectivity index (χ2n) is 7.47. The molecule has 5 N–H and O–H groups in total. The van der Waals surface area contributed by atoms with E-state index in [4.69, 9.17) is 9.94 Å². The van der Waals surface area contributed by atoms with Gasteiger partial charge in [0.1, 0.15) is 12.6 Å². The van der Waals surface area contributed by atoms with E-state index < -0.39 is 48.3 Å². The summed E-state index contributed by atoms with van der Waals surface area (Å²) in [5.74, 6) is -3.28. The SMILES string of the molecule is CNC(=O)[C@@H]1CSc2ccccc2NC(=O)CO[C@H](C(=O)NO)[C@@H](CC(C)C)C(=O)N1. The molecule has 1 aliphatic heterocycles. The van der Waals surface area contributed by atoms with E-state index in [1.54, 1.807) is 24.3 Å². The number of hydroxylamine groups is 1. The lowest BCUT2D eigenvalue weighted by Gasteiger charge is -2.27. The topological polar surface area (TPSA) is 146 Å². The zero-order chi connectivity index (χ0) is 23.0. The normalized spacial score (nSPS) is 22.7.